The highest BCUT2D eigenvalue weighted by atomic mass is 15.2. The summed E-state index contributed by atoms with van der Waals surface area (Å²) in [5.74, 6) is 1.66. The summed E-state index contributed by atoms with van der Waals surface area (Å²) in [6, 6.07) is 16.7. The third kappa shape index (κ3) is 3.91. The van der Waals surface area contributed by atoms with Crippen LogP contribution in [0, 0.1) is 20.8 Å². The van der Waals surface area contributed by atoms with Crippen LogP contribution in [0.25, 0.3) is 5.65 Å². The van der Waals surface area contributed by atoms with E-state index in [0.717, 1.165) is 53.9 Å². The summed E-state index contributed by atoms with van der Waals surface area (Å²) in [5, 5.41) is 3.35. The first-order valence-corrected chi connectivity index (χ1v) is 10.9. The van der Waals surface area contributed by atoms with Crippen molar-refractivity contribution < 1.29 is 0 Å². The van der Waals surface area contributed by atoms with E-state index >= 15 is 0 Å². The normalized spacial score (nSPS) is 16.8. The number of anilines is 2. The van der Waals surface area contributed by atoms with Crippen LogP contribution >= 0.6 is 0 Å². The van der Waals surface area contributed by atoms with Crippen LogP contribution < -0.4 is 5.32 Å². The molecule has 158 valence electrons. The van der Waals surface area contributed by atoms with E-state index in [1.807, 2.05) is 31.2 Å². The fourth-order valence-corrected chi connectivity index (χ4v) is 4.55. The van der Waals surface area contributed by atoms with Crippen molar-refractivity contribution in [3.63, 3.8) is 0 Å². The Hall–Kier alpha value is -3.25. The largest absolute Gasteiger partial charge is 0.325 e. The summed E-state index contributed by atoms with van der Waals surface area (Å²) in [6.07, 6.45) is 4.42. The van der Waals surface area contributed by atoms with Crippen LogP contribution in [-0.2, 0) is 6.54 Å². The number of aryl methyl sites for hydroxylation is 3. The summed E-state index contributed by atoms with van der Waals surface area (Å²) in [5.41, 5.74) is 6.73. The van der Waals surface area contributed by atoms with Gasteiger partial charge < -0.3 is 9.72 Å². The van der Waals surface area contributed by atoms with Crippen molar-refractivity contribution in [1.82, 2.24) is 24.3 Å². The van der Waals surface area contributed by atoms with E-state index in [2.05, 4.69) is 63.9 Å². The van der Waals surface area contributed by atoms with Gasteiger partial charge in [0, 0.05) is 18.4 Å². The molecule has 6 heteroatoms. The van der Waals surface area contributed by atoms with Crippen LogP contribution in [0.15, 0.2) is 54.7 Å². The van der Waals surface area contributed by atoms with Gasteiger partial charge >= 0.3 is 0 Å². The minimum atomic E-state index is 0.307. The van der Waals surface area contributed by atoms with Gasteiger partial charge in [-0.15, -0.1) is 0 Å². The van der Waals surface area contributed by atoms with Gasteiger partial charge in [0.15, 0.2) is 0 Å². The average Bonchev–Trinajstić information content (AvgIpc) is 3.34. The van der Waals surface area contributed by atoms with E-state index in [1.165, 1.54) is 17.7 Å². The molecule has 4 aromatic rings. The highest BCUT2D eigenvalue weighted by Crippen LogP contribution is 2.33. The van der Waals surface area contributed by atoms with Gasteiger partial charge in [-0.1, -0.05) is 18.2 Å². The third-order valence-corrected chi connectivity index (χ3v) is 6.12. The molecule has 0 spiro atoms. The molecular weight excluding hydrogens is 384 g/mol. The molecule has 0 unspecified atom stereocenters. The second kappa shape index (κ2) is 8.12. The van der Waals surface area contributed by atoms with Gasteiger partial charge in [-0.05, 0) is 76.1 Å². The minimum Gasteiger partial charge on any atom is -0.325 e. The van der Waals surface area contributed by atoms with Crippen molar-refractivity contribution in [2.24, 2.45) is 0 Å². The SMILES string of the molecule is Cc1cccc(Nc2cccc([C@H]3CCCN3Cc3c(C)nc4c(C)cccn34)n2)n1. The third-order valence-electron chi connectivity index (χ3n) is 6.12. The lowest BCUT2D eigenvalue weighted by molar-refractivity contribution is 0.240. The summed E-state index contributed by atoms with van der Waals surface area (Å²) in [6.45, 7) is 8.18. The number of pyridine rings is 3. The number of nitrogens with one attached hydrogen (secondary N) is 1. The molecule has 4 aromatic heterocycles. The highest BCUT2D eigenvalue weighted by Gasteiger charge is 2.28. The van der Waals surface area contributed by atoms with E-state index in [0.29, 0.717) is 6.04 Å². The van der Waals surface area contributed by atoms with Crippen LogP contribution in [0.2, 0.25) is 0 Å². The second-order valence-electron chi connectivity index (χ2n) is 8.39. The summed E-state index contributed by atoms with van der Waals surface area (Å²) >= 11 is 0. The van der Waals surface area contributed by atoms with Crippen molar-refractivity contribution in [3.8, 4) is 0 Å². The number of hydrogen-bond donors (Lipinski definition) is 1. The lowest BCUT2D eigenvalue weighted by atomic mass is 10.1. The molecule has 1 saturated heterocycles. The molecule has 1 aliphatic heterocycles. The Morgan fingerprint density at radius 1 is 0.935 bits per heavy atom. The van der Waals surface area contributed by atoms with E-state index in [-0.39, 0.29) is 0 Å². The summed E-state index contributed by atoms with van der Waals surface area (Å²) < 4.78 is 2.24. The highest BCUT2D eigenvalue weighted by molar-refractivity contribution is 5.52. The first kappa shape index (κ1) is 19.7. The molecule has 31 heavy (non-hydrogen) atoms. The Labute approximate surface area is 183 Å². The molecular formula is C25H28N6. The molecule has 0 bridgehead atoms. The maximum absolute atomic E-state index is 4.94. The molecule has 0 radical (unpaired) electrons. The molecule has 1 N–H and O–H groups in total. The standard InChI is InChI=1S/C25H28N6/c1-17-8-6-15-31-22(19(3)27-25(17)31)16-30-14-7-11-21(30)20-10-5-13-24(28-20)29-23-12-4-9-18(2)26-23/h4-6,8-10,12-13,15,21H,7,11,14,16H2,1-3H3,(H,26,28,29)/t21-/m1/s1. The second-order valence-corrected chi connectivity index (χ2v) is 8.39. The van der Waals surface area contributed by atoms with Gasteiger partial charge in [0.2, 0.25) is 0 Å². The van der Waals surface area contributed by atoms with Gasteiger partial charge in [0.1, 0.15) is 17.3 Å². The first-order valence-electron chi connectivity index (χ1n) is 10.9. The van der Waals surface area contributed by atoms with Gasteiger partial charge in [-0.25, -0.2) is 15.0 Å². The number of rotatable bonds is 5. The molecule has 6 nitrogen and oxygen atoms in total. The number of hydrogen-bond acceptors (Lipinski definition) is 5. The maximum atomic E-state index is 4.94. The van der Waals surface area contributed by atoms with Crippen LogP contribution in [0.4, 0.5) is 11.6 Å². The first-order chi connectivity index (χ1) is 15.1. The molecule has 0 amide bonds. The number of aromatic nitrogens is 4. The molecule has 5 rings (SSSR count). The zero-order valence-corrected chi connectivity index (χ0v) is 18.3. The van der Waals surface area contributed by atoms with Crippen molar-refractivity contribution in [2.75, 3.05) is 11.9 Å². The fraction of sp³-hybridized carbons (Fsp3) is 0.320. The molecule has 0 aromatic carbocycles. The van der Waals surface area contributed by atoms with E-state index < -0.39 is 0 Å². The topological polar surface area (TPSA) is 58.4 Å². The zero-order chi connectivity index (χ0) is 21.4. The summed E-state index contributed by atoms with van der Waals surface area (Å²) in [4.78, 5) is 16.8. The van der Waals surface area contributed by atoms with Crippen LogP contribution in [-0.4, -0.2) is 30.8 Å². The molecule has 0 saturated carbocycles. The van der Waals surface area contributed by atoms with Crippen molar-refractivity contribution in [1.29, 1.82) is 0 Å². The minimum absolute atomic E-state index is 0.307. The zero-order valence-electron chi connectivity index (χ0n) is 18.3. The predicted molar refractivity (Wildman–Crippen MR) is 124 cm³/mol. The van der Waals surface area contributed by atoms with Crippen LogP contribution in [0.1, 0.15) is 47.2 Å². The molecule has 0 aliphatic carbocycles. The van der Waals surface area contributed by atoms with Crippen LogP contribution in [0.5, 0.6) is 0 Å². The molecule has 1 aliphatic rings. The maximum Gasteiger partial charge on any atom is 0.140 e. The van der Waals surface area contributed by atoms with Crippen molar-refractivity contribution >= 4 is 17.3 Å². The monoisotopic (exact) mass is 412 g/mol. The van der Waals surface area contributed by atoms with Gasteiger partial charge in [0.25, 0.3) is 0 Å². The van der Waals surface area contributed by atoms with E-state index in [4.69, 9.17) is 9.97 Å². The number of likely N-dealkylation sites (tertiary alicyclic amines) is 1. The fourth-order valence-electron chi connectivity index (χ4n) is 4.55. The van der Waals surface area contributed by atoms with Crippen molar-refractivity contribution in [2.45, 2.75) is 46.2 Å². The smallest absolute Gasteiger partial charge is 0.140 e. The van der Waals surface area contributed by atoms with E-state index in [9.17, 15) is 0 Å². The Bertz CT molecular complexity index is 1230. The van der Waals surface area contributed by atoms with Crippen LogP contribution in [0.3, 0.4) is 0 Å². The quantitative estimate of drug-likeness (QED) is 0.492. The Morgan fingerprint density at radius 3 is 2.58 bits per heavy atom. The lowest BCUT2D eigenvalue weighted by Gasteiger charge is -2.24. The number of imidazole rings is 1. The Morgan fingerprint density at radius 2 is 1.74 bits per heavy atom. The van der Waals surface area contributed by atoms with Gasteiger partial charge in [-0.2, -0.15) is 0 Å². The van der Waals surface area contributed by atoms with Crippen molar-refractivity contribution in [3.05, 3.63) is 83.1 Å². The molecule has 1 fully saturated rings. The van der Waals surface area contributed by atoms with Gasteiger partial charge in [-0.3, -0.25) is 4.90 Å². The average molecular weight is 413 g/mol. The molecule has 1 atom stereocenters. The molecule has 5 heterocycles. The lowest BCUT2D eigenvalue weighted by Crippen LogP contribution is -2.24. The number of nitrogens with zero attached hydrogens (tertiary/aromatic N) is 5. The predicted octanol–water partition coefficient (Wildman–Crippen LogP) is 5.13. The van der Waals surface area contributed by atoms with E-state index in [1.54, 1.807) is 0 Å². The number of fused-ring (bicyclic) bond motifs is 1. The van der Waals surface area contributed by atoms with Gasteiger partial charge in [0.05, 0.1) is 23.1 Å². The summed E-state index contributed by atoms with van der Waals surface area (Å²) in [7, 11) is 0. The Kier molecular flexibility index (Phi) is 5.16. The Balaban J connectivity index is 1.40.